The topological polar surface area (TPSA) is 73.2 Å². The normalized spacial score (nSPS) is 12.1. The molecule has 31 heavy (non-hydrogen) atoms. The molecule has 0 aliphatic carbocycles. The summed E-state index contributed by atoms with van der Waals surface area (Å²) in [7, 11) is 0. The lowest BCUT2D eigenvalue weighted by Gasteiger charge is -2.11. The van der Waals surface area contributed by atoms with Crippen molar-refractivity contribution in [2.24, 2.45) is 0 Å². The van der Waals surface area contributed by atoms with Crippen molar-refractivity contribution >= 4 is 51.7 Å². The first-order chi connectivity index (χ1) is 14.6. The minimum Gasteiger partial charge on any atom is -0.481 e. The third-order valence-corrected chi connectivity index (χ3v) is 6.51. The first-order valence-electron chi connectivity index (χ1n) is 8.88. The zero-order valence-corrected chi connectivity index (χ0v) is 18.2. The first-order valence-corrected chi connectivity index (χ1v) is 10.9. The summed E-state index contributed by atoms with van der Waals surface area (Å²) in [4.78, 5) is 13.1. The van der Waals surface area contributed by atoms with Crippen molar-refractivity contribution in [3.05, 3.63) is 74.3 Å². The maximum Gasteiger partial charge on any atom is 0.432 e. The number of thiophene rings is 2. The van der Waals surface area contributed by atoms with E-state index in [1.54, 1.807) is 42.5 Å². The summed E-state index contributed by atoms with van der Waals surface area (Å²) >= 11 is 8.47. The molecule has 0 radical (unpaired) electrons. The van der Waals surface area contributed by atoms with Crippen molar-refractivity contribution in [2.45, 2.75) is 19.1 Å². The number of benzene rings is 1. The Bertz CT molecular complexity index is 1140. The molecule has 2 aromatic heterocycles. The number of alkyl halides is 3. The van der Waals surface area contributed by atoms with Gasteiger partial charge in [-0.25, -0.2) is 0 Å². The van der Waals surface area contributed by atoms with E-state index in [4.69, 9.17) is 22.1 Å². The number of carbonyl (C=O) groups is 1. The molecule has 0 aliphatic heterocycles. The Morgan fingerprint density at radius 3 is 2.58 bits per heavy atom. The molecule has 0 unspecified atom stereocenters. The van der Waals surface area contributed by atoms with Crippen LogP contribution in [0.25, 0.3) is 16.1 Å². The van der Waals surface area contributed by atoms with Crippen molar-refractivity contribution in [1.29, 1.82) is 5.41 Å². The molecule has 10 heteroatoms. The lowest BCUT2D eigenvalue weighted by Crippen LogP contribution is -2.21. The minimum absolute atomic E-state index is 0.120. The number of nitrogens with one attached hydrogen (secondary N) is 2. The summed E-state index contributed by atoms with van der Waals surface area (Å²) in [5.74, 6) is -0.946. The van der Waals surface area contributed by atoms with Gasteiger partial charge in [-0.3, -0.25) is 10.2 Å². The van der Waals surface area contributed by atoms with Crippen LogP contribution in [-0.4, -0.2) is 23.0 Å². The summed E-state index contributed by atoms with van der Waals surface area (Å²) in [6.45, 7) is 0.260. The highest BCUT2D eigenvalue weighted by molar-refractivity contribution is 7.16. The molecule has 0 spiro atoms. The van der Waals surface area contributed by atoms with Crippen LogP contribution in [0.4, 0.5) is 13.2 Å². The minimum atomic E-state index is -4.76. The van der Waals surface area contributed by atoms with Gasteiger partial charge < -0.3 is 10.4 Å². The van der Waals surface area contributed by atoms with E-state index in [0.29, 0.717) is 14.8 Å². The van der Waals surface area contributed by atoms with Gasteiger partial charge in [0.25, 0.3) is 0 Å². The number of hydrogen-bond acceptors (Lipinski definition) is 5. The summed E-state index contributed by atoms with van der Waals surface area (Å²) in [6.07, 6.45) is -4.11. The molecule has 0 bridgehead atoms. The smallest absolute Gasteiger partial charge is 0.432 e. The Labute approximate surface area is 189 Å². The molecule has 3 N–H and O–H groups in total. The maximum absolute atomic E-state index is 13.0. The van der Waals surface area contributed by atoms with Crippen molar-refractivity contribution in [1.82, 2.24) is 5.32 Å². The predicted octanol–water partition coefficient (Wildman–Crippen LogP) is 6.47. The van der Waals surface area contributed by atoms with Gasteiger partial charge in [0.1, 0.15) is 5.71 Å². The number of aliphatic carboxylic acids is 1. The van der Waals surface area contributed by atoms with Crippen LogP contribution in [0.1, 0.15) is 15.3 Å². The van der Waals surface area contributed by atoms with E-state index >= 15 is 0 Å². The van der Waals surface area contributed by atoms with Crippen molar-refractivity contribution < 1.29 is 23.1 Å². The zero-order valence-electron chi connectivity index (χ0n) is 15.8. The van der Waals surface area contributed by atoms with Crippen LogP contribution in [0.15, 0.2) is 54.6 Å². The average molecular weight is 485 g/mol. The molecular weight excluding hydrogens is 469 g/mol. The average Bonchev–Trinajstić information content (AvgIpc) is 3.33. The molecular formula is C21H16ClF3N2O2S2. The van der Waals surface area contributed by atoms with Gasteiger partial charge in [0.05, 0.1) is 21.3 Å². The van der Waals surface area contributed by atoms with Crippen LogP contribution in [0.3, 0.4) is 0 Å². The standard InChI is InChI=1S/C21H16ClF3N2O2S2/c22-19-7-4-14(30-19)11-27-15(10-18(26)21(23,24)25)17-6-5-16(31-17)13-3-1-2-12(8-13)9-20(28)29/h1-8,10,26-27H,9,11H2,(H,28,29)/b15-10-,26-18?. The molecule has 2 heterocycles. The first kappa shape index (κ1) is 23.1. The van der Waals surface area contributed by atoms with Crippen molar-refractivity contribution in [2.75, 3.05) is 0 Å². The number of allylic oxidation sites excluding steroid dienone is 1. The Morgan fingerprint density at radius 1 is 1.16 bits per heavy atom. The molecule has 0 aliphatic rings. The summed E-state index contributed by atoms with van der Waals surface area (Å²) in [5, 5.41) is 19.3. The predicted molar refractivity (Wildman–Crippen MR) is 119 cm³/mol. The number of carboxylic acids is 1. The van der Waals surface area contributed by atoms with Crippen LogP contribution in [-0.2, 0) is 17.8 Å². The molecule has 0 fully saturated rings. The maximum atomic E-state index is 13.0. The zero-order chi connectivity index (χ0) is 22.6. The van der Waals surface area contributed by atoms with Gasteiger partial charge in [0, 0.05) is 16.3 Å². The monoisotopic (exact) mass is 484 g/mol. The summed E-state index contributed by atoms with van der Waals surface area (Å²) < 4.78 is 39.4. The molecule has 162 valence electrons. The van der Waals surface area contributed by atoms with Gasteiger partial charge in [-0.1, -0.05) is 29.8 Å². The third-order valence-electron chi connectivity index (χ3n) is 4.11. The van der Waals surface area contributed by atoms with E-state index in [-0.39, 0.29) is 18.7 Å². The van der Waals surface area contributed by atoms with Crippen LogP contribution in [0, 0.1) is 5.41 Å². The molecule has 0 amide bonds. The summed E-state index contributed by atoms with van der Waals surface area (Å²) in [6, 6.07) is 13.9. The molecule has 3 rings (SSSR count). The van der Waals surface area contributed by atoms with Gasteiger partial charge in [-0.15, -0.1) is 22.7 Å². The SMILES string of the molecule is N=C(/C=C(\NCc1ccc(Cl)s1)c1ccc(-c2cccc(CC(=O)O)c2)s1)C(F)(F)F. The van der Waals surface area contributed by atoms with E-state index in [1.807, 2.05) is 6.07 Å². The van der Waals surface area contributed by atoms with Gasteiger partial charge in [-0.2, -0.15) is 13.2 Å². The number of rotatable bonds is 8. The fraction of sp³-hybridized carbons (Fsp3) is 0.143. The Morgan fingerprint density at radius 2 is 1.94 bits per heavy atom. The Kier molecular flexibility index (Phi) is 7.19. The van der Waals surface area contributed by atoms with E-state index in [0.717, 1.165) is 21.4 Å². The highest BCUT2D eigenvalue weighted by Crippen LogP contribution is 2.33. The highest BCUT2D eigenvalue weighted by Gasteiger charge is 2.33. The lowest BCUT2D eigenvalue weighted by atomic mass is 10.1. The fourth-order valence-corrected chi connectivity index (χ4v) is 4.73. The molecule has 0 saturated heterocycles. The van der Waals surface area contributed by atoms with Gasteiger partial charge in [0.2, 0.25) is 0 Å². The Balaban J connectivity index is 1.89. The van der Waals surface area contributed by atoms with Crippen LogP contribution < -0.4 is 5.32 Å². The van der Waals surface area contributed by atoms with E-state index in [2.05, 4.69) is 5.32 Å². The number of hydrogen-bond donors (Lipinski definition) is 3. The van der Waals surface area contributed by atoms with Crippen molar-refractivity contribution in [3.63, 3.8) is 0 Å². The van der Waals surface area contributed by atoms with Crippen LogP contribution in [0.5, 0.6) is 0 Å². The molecule has 0 atom stereocenters. The quantitative estimate of drug-likeness (QED) is 0.321. The van der Waals surface area contributed by atoms with Crippen molar-refractivity contribution in [3.8, 4) is 10.4 Å². The van der Waals surface area contributed by atoms with E-state index in [1.165, 1.54) is 22.7 Å². The van der Waals surface area contributed by atoms with E-state index < -0.39 is 17.9 Å². The van der Waals surface area contributed by atoms with Crippen LogP contribution >= 0.6 is 34.3 Å². The second-order valence-electron chi connectivity index (χ2n) is 6.46. The number of carboxylic acid groups (broad SMARTS) is 1. The molecule has 4 nitrogen and oxygen atoms in total. The molecule has 1 aromatic carbocycles. The third kappa shape index (κ3) is 6.43. The van der Waals surface area contributed by atoms with Gasteiger partial charge in [0.15, 0.2) is 0 Å². The summed E-state index contributed by atoms with van der Waals surface area (Å²) in [5.41, 5.74) is 0.106. The van der Waals surface area contributed by atoms with E-state index in [9.17, 15) is 18.0 Å². The molecule has 3 aromatic rings. The lowest BCUT2D eigenvalue weighted by molar-refractivity contribution is -0.136. The number of halogens is 4. The van der Waals surface area contributed by atoms with Gasteiger partial charge in [-0.05, 0) is 47.5 Å². The second-order valence-corrected chi connectivity index (χ2v) is 9.35. The highest BCUT2D eigenvalue weighted by atomic mass is 35.5. The second kappa shape index (κ2) is 9.67. The van der Waals surface area contributed by atoms with Gasteiger partial charge >= 0.3 is 12.1 Å². The largest absolute Gasteiger partial charge is 0.481 e. The van der Waals surface area contributed by atoms with Crippen LogP contribution in [0.2, 0.25) is 4.34 Å². The molecule has 0 saturated carbocycles. The fourth-order valence-electron chi connectivity index (χ4n) is 2.71. The Hall–Kier alpha value is -2.62.